The maximum absolute atomic E-state index is 11.4. The van der Waals surface area contributed by atoms with Gasteiger partial charge < -0.3 is 15.0 Å². The first-order valence-corrected chi connectivity index (χ1v) is 6.11. The van der Waals surface area contributed by atoms with Crippen LogP contribution in [0.4, 0.5) is 10.5 Å². The summed E-state index contributed by atoms with van der Waals surface area (Å²) < 4.78 is 4.95. The Hall–Kier alpha value is -1.71. The largest absolute Gasteiger partial charge is 0.448 e. The second kappa shape index (κ2) is 4.28. The average Bonchev–Trinajstić information content (AvgIpc) is 2.76. The van der Waals surface area contributed by atoms with Gasteiger partial charge in [-0.25, -0.2) is 4.79 Å². The molecule has 1 amide bonds. The second-order valence-electron chi connectivity index (χ2n) is 4.52. The van der Waals surface area contributed by atoms with Gasteiger partial charge in [0.2, 0.25) is 0 Å². The molecule has 0 saturated carbocycles. The van der Waals surface area contributed by atoms with Crippen molar-refractivity contribution in [2.24, 2.45) is 0 Å². The van der Waals surface area contributed by atoms with E-state index >= 15 is 0 Å². The first kappa shape index (κ1) is 10.4. The number of nitrogens with zero attached hydrogens (tertiary/aromatic N) is 1. The Kier molecular flexibility index (Phi) is 2.63. The highest BCUT2D eigenvalue weighted by molar-refractivity contribution is 5.70. The van der Waals surface area contributed by atoms with Crippen molar-refractivity contribution in [3.8, 4) is 0 Å². The molecule has 0 radical (unpaired) electrons. The molecule has 1 aromatic carbocycles. The van der Waals surface area contributed by atoms with E-state index in [-0.39, 0.29) is 6.09 Å². The maximum atomic E-state index is 11.4. The van der Waals surface area contributed by atoms with Crippen molar-refractivity contribution in [3.05, 3.63) is 29.3 Å². The topological polar surface area (TPSA) is 41.6 Å². The number of rotatable bonds is 2. The number of carbonyl (C=O) groups is 1. The van der Waals surface area contributed by atoms with Crippen LogP contribution in [0.15, 0.2) is 18.2 Å². The van der Waals surface area contributed by atoms with Crippen LogP contribution in [0.1, 0.15) is 17.5 Å². The van der Waals surface area contributed by atoms with E-state index in [4.69, 9.17) is 4.74 Å². The van der Waals surface area contributed by atoms with E-state index in [9.17, 15) is 4.79 Å². The van der Waals surface area contributed by atoms with Crippen LogP contribution in [0, 0.1) is 0 Å². The van der Waals surface area contributed by atoms with Gasteiger partial charge in [-0.2, -0.15) is 0 Å². The number of carbonyl (C=O) groups excluding carboxylic acids is 1. The highest BCUT2D eigenvalue weighted by Crippen LogP contribution is 2.27. The van der Waals surface area contributed by atoms with Crippen LogP contribution >= 0.6 is 0 Å². The molecule has 1 N–H and O–H groups in total. The third kappa shape index (κ3) is 1.95. The summed E-state index contributed by atoms with van der Waals surface area (Å²) in [5, 5.41) is 3.44. The molecule has 2 aliphatic rings. The summed E-state index contributed by atoms with van der Waals surface area (Å²) in [4.78, 5) is 13.2. The molecule has 2 aliphatic heterocycles. The van der Waals surface area contributed by atoms with Crippen LogP contribution < -0.4 is 5.32 Å². The summed E-state index contributed by atoms with van der Waals surface area (Å²) in [7, 11) is 0. The number of cyclic esters (lactones) is 1. The van der Waals surface area contributed by atoms with Gasteiger partial charge in [-0.1, -0.05) is 18.2 Å². The molecule has 0 bridgehead atoms. The van der Waals surface area contributed by atoms with Crippen molar-refractivity contribution in [1.82, 2.24) is 4.90 Å². The molecule has 0 aromatic heterocycles. The predicted molar refractivity (Wildman–Crippen MR) is 65.0 cm³/mol. The standard InChI is InChI=1S/C13H16N2O2/c16-13-15(7-8-17-13)9-11-4-1-3-10-5-2-6-14-12(10)11/h1,3-4,14H,2,5-9H2. The molecule has 1 fully saturated rings. The van der Waals surface area contributed by atoms with Gasteiger partial charge in [0.15, 0.2) is 0 Å². The van der Waals surface area contributed by atoms with E-state index in [1.807, 2.05) is 0 Å². The summed E-state index contributed by atoms with van der Waals surface area (Å²) in [5.74, 6) is 0. The van der Waals surface area contributed by atoms with E-state index in [2.05, 4.69) is 23.5 Å². The highest BCUT2D eigenvalue weighted by atomic mass is 16.6. The normalized spacial score (nSPS) is 18.6. The van der Waals surface area contributed by atoms with Crippen molar-refractivity contribution < 1.29 is 9.53 Å². The molecule has 0 unspecified atom stereocenters. The number of hydrogen-bond donors (Lipinski definition) is 1. The number of anilines is 1. The molecule has 4 heteroatoms. The molecule has 0 spiro atoms. The lowest BCUT2D eigenvalue weighted by Gasteiger charge is -2.23. The summed E-state index contributed by atoms with van der Waals surface area (Å²) in [6, 6.07) is 6.32. The van der Waals surface area contributed by atoms with E-state index in [0.29, 0.717) is 19.7 Å². The van der Waals surface area contributed by atoms with Crippen LogP contribution in [0.3, 0.4) is 0 Å². The van der Waals surface area contributed by atoms with E-state index < -0.39 is 0 Å². The molecule has 17 heavy (non-hydrogen) atoms. The molecular weight excluding hydrogens is 216 g/mol. The van der Waals surface area contributed by atoms with Gasteiger partial charge in [0, 0.05) is 12.2 Å². The fourth-order valence-electron chi connectivity index (χ4n) is 2.49. The van der Waals surface area contributed by atoms with Crippen molar-refractivity contribution in [2.75, 3.05) is 25.0 Å². The average molecular weight is 232 g/mol. The Morgan fingerprint density at radius 3 is 3.18 bits per heavy atom. The number of aryl methyl sites for hydroxylation is 1. The summed E-state index contributed by atoms with van der Waals surface area (Å²) in [6.45, 7) is 2.88. The van der Waals surface area contributed by atoms with Crippen LogP contribution in [0.25, 0.3) is 0 Å². The fraction of sp³-hybridized carbons (Fsp3) is 0.462. The third-order valence-corrected chi connectivity index (χ3v) is 3.37. The van der Waals surface area contributed by atoms with Crippen LogP contribution in [-0.2, 0) is 17.7 Å². The molecule has 1 aromatic rings. The number of hydrogen-bond acceptors (Lipinski definition) is 3. The Labute approximate surface area is 101 Å². The summed E-state index contributed by atoms with van der Waals surface area (Å²) >= 11 is 0. The number of nitrogens with one attached hydrogen (secondary N) is 1. The molecule has 2 heterocycles. The maximum Gasteiger partial charge on any atom is 0.410 e. The third-order valence-electron chi connectivity index (χ3n) is 3.37. The van der Waals surface area contributed by atoms with Gasteiger partial charge in [0.05, 0.1) is 13.1 Å². The van der Waals surface area contributed by atoms with Crippen molar-refractivity contribution in [1.29, 1.82) is 0 Å². The van der Waals surface area contributed by atoms with Gasteiger partial charge in [-0.3, -0.25) is 0 Å². The number of benzene rings is 1. The number of ether oxygens (including phenoxy) is 1. The fourth-order valence-corrected chi connectivity index (χ4v) is 2.49. The van der Waals surface area contributed by atoms with Crippen molar-refractivity contribution in [2.45, 2.75) is 19.4 Å². The first-order valence-electron chi connectivity index (χ1n) is 6.11. The van der Waals surface area contributed by atoms with Gasteiger partial charge in [-0.05, 0) is 24.0 Å². The van der Waals surface area contributed by atoms with E-state index in [1.165, 1.54) is 23.2 Å². The van der Waals surface area contributed by atoms with Gasteiger partial charge in [-0.15, -0.1) is 0 Å². The Morgan fingerprint density at radius 2 is 2.35 bits per heavy atom. The smallest absolute Gasteiger partial charge is 0.410 e. The van der Waals surface area contributed by atoms with Gasteiger partial charge in [0.25, 0.3) is 0 Å². The molecule has 0 atom stereocenters. The van der Waals surface area contributed by atoms with E-state index in [1.54, 1.807) is 4.90 Å². The Balaban J connectivity index is 1.85. The zero-order valence-electron chi connectivity index (χ0n) is 9.74. The minimum Gasteiger partial charge on any atom is -0.448 e. The molecule has 3 rings (SSSR count). The predicted octanol–water partition coefficient (Wildman–Crippen LogP) is 2.00. The molecule has 4 nitrogen and oxygen atoms in total. The summed E-state index contributed by atoms with van der Waals surface area (Å²) in [6.07, 6.45) is 2.11. The molecule has 0 aliphatic carbocycles. The zero-order chi connectivity index (χ0) is 11.7. The molecule has 1 saturated heterocycles. The SMILES string of the molecule is O=C1OCCN1Cc1cccc2c1NCCC2. The number of para-hydroxylation sites is 1. The Morgan fingerprint density at radius 1 is 1.41 bits per heavy atom. The Bertz CT molecular complexity index is 445. The van der Waals surface area contributed by atoms with Crippen molar-refractivity contribution in [3.63, 3.8) is 0 Å². The minimum atomic E-state index is -0.196. The monoisotopic (exact) mass is 232 g/mol. The van der Waals surface area contributed by atoms with Crippen LogP contribution in [0.5, 0.6) is 0 Å². The zero-order valence-corrected chi connectivity index (χ0v) is 9.74. The number of fused-ring (bicyclic) bond motifs is 1. The van der Waals surface area contributed by atoms with E-state index in [0.717, 1.165) is 13.0 Å². The lowest BCUT2D eigenvalue weighted by Crippen LogP contribution is -2.25. The van der Waals surface area contributed by atoms with Gasteiger partial charge in [0.1, 0.15) is 6.61 Å². The second-order valence-corrected chi connectivity index (χ2v) is 4.52. The van der Waals surface area contributed by atoms with Crippen molar-refractivity contribution >= 4 is 11.8 Å². The molecular formula is C13H16N2O2. The lowest BCUT2D eigenvalue weighted by atomic mass is 9.99. The quantitative estimate of drug-likeness (QED) is 0.848. The molecule has 90 valence electrons. The van der Waals surface area contributed by atoms with Crippen LogP contribution in [-0.4, -0.2) is 30.7 Å². The minimum absolute atomic E-state index is 0.196. The van der Waals surface area contributed by atoms with Gasteiger partial charge >= 0.3 is 6.09 Å². The van der Waals surface area contributed by atoms with Crippen LogP contribution in [0.2, 0.25) is 0 Å². The first-order chi connectivity index (χ1) is 8.34. The lowest BCUT2D eigenvalue weighted by molar-refractivity contribution is 0.157. The number of amides is 1. The highest BCUT2D eigenvalue weighted by Gasteiger charge is 2.23. The summed E-state index contributed by atoms with van der Waals surface area (Å²) in [5.41, 5.74) is 3.78.